The molecule has 0 bridgehead atoms. The highest BCUT2D eigenvalue weighted by Crippen LogP contribution is 2.27. The van der Waals surface area contributed by atoms with Gasteiger partial charge in [0.2, 0.25) is 0 Å². The van der Waals surface area contributed by atoms with Crippen molar-refractivity contribution in [3.8, 4) is 0 Å². The molecule has 1 unspecified atom stereocenters. The second-order valence-corrected chi connectivity index (χ2v) is 5.40. The molecular weight excluding hydrogens is 284 g/mol. The second kappa shape index (κ2) is 6.64. The molecule has 2 aromatic rings. The van der Waals surface area contributed by atoms with Gasteiger partial charge in [-0.2, -0.15) is 0 Å². The first-order valence-corrected chi connectivity index (χ1v) is 7.24. The highest BCUT2D eigenvalue weighted by atomic mass is 35.5. The Bertz CT molecular complexity index is 655. The summed E-state index contributed by atoms with van der Waals surface area (Å²) >= 11 is 6.23. The van der Waals surface area contributed by atoms with Crippen LogP contribution in [0.3, 0.4) is 0 Å². The minimum atomic E-state index is -0.0940. The van der Waals surface area contributed by atoms with Crippen molar-refractivity contribution >= 4 is 23.2 Å². The molecule has 110 valence electrons. The lowest BCUT2D eigenvalue weighted by Gasteiger charge is -2.19. The molecular formula is C17H19ClN2O. The lowest BCUT2D eigenvalue weighted by atomic mass is 10.1. The molecule has 0 saturated carbocycles. The number of carbonyl (C=O) groups is 1. The van der Waals surface area contributed by atoms with Crippen molar-refractivity contribution in [1.29, 1.82) is 0 Å². The third-order valence-electron chi connectivity index (χ3n) is 3.47. The standard InChI is InChI=1S/C17H19ClN2O/c1-11-8-9-13(17(21)19-3)10-16(11)20-12(2)14-6-4-5-7-15(14)18/h4-10,12,20H,1-3H3,(H,19,21). The Labute approximate surface area is 130 Å². The highest BCUT2D eigenvalue weighted by molar-refractivity contribution is 6.31. The minimum Gasteiger partial charge on any atom is -0.378 e. The average molecular weight is 303 g/mol. The van der Waals surface area contributed by atoms with E-state index in [4.69, 9.17) is 11.6 Å². The van der Waals surface area contributed by atoms with E-state index in [9.17, 15) is 4.79 Å². The van der Waals surface area contributed by atoms with Gasteiger partial charge in [0, 0.05) is 29.4 Å². The summed E-state index contributed by atoms with van der Waals surface area (Å²) in [5.41, 5.74) is 3.69. The van der Waals surface area contributed by atoms with Crippen molar-refractivity contribution in [2.24, 2.45) is 0 Å². The number of nitrogens with one attached hydrogen (secondary N) is 2. The number of anilines is 1. The van der Waals surface area contributed by atoms with Crippen LogP contribution in [0.15, 0.2) is 42.5 Å². The van der Waals surface area contributed by atoms with Gasteiger partial charge in [0.25, 0.3) is 5.91 Å². The van der Waals surface area contributed by atoms with Crippen LogP contribution in [0.2, 0.25) is 5.02 Å². The number of carbonyl (C=O) groups excluding carboxylic acids is 1. The van der Waals surface area contributed by atoms with E-state index in [-0.39, 0.29) is 11.9 Å². The lowest BCUT2D eigenvalue weighted by Crippen LogP contribution is -2.18. The van der Waals surface area contributed by atoms with Crippen LogP contribution in [0.1, 0.15) is 34.5 Å². The van der Waals surface area contributed by atoms with Gasteiger partial charge in [-0.15, -0.1) is 0 Å². The van der Waals surface area contributed by atoms with Crippen LogP contribution >= 0.6 is 11.6 Å². The molecule has 0 radical (unpaired) electrons. The fraction of sp³-hybridized carbons (Fsp3) is 0.235. The van der Waals surface area contributed by atoms with Crippen molar-refractivity contribution in [3.63, 3.8) is 0 Å². The monoisotopic (exact) mass is 302 g/mol. The van der Waals surface area contributed by atoms with Crippen LogP contribution in [0.4, 0.5) is 5.69 Å². The van der Waals surface area contributed by atoms with E-state index in [1.54, 1.807) is 7.05 Å². The topological polar surface area (TPSA) is 41.1 Å². The number of halogens is 1. The van der Waals surface area contributed by atoms with Crippen molar-refractivity contribution < 1.29 is 4.79 Å². The predicted molar refractivity (Wildman–Crippen MR) is 88.1 cm³/mol. The molecule has 0 aliphatic rings. The fourth-order valence-electron chi connectivity index (χ4n) is 2.20. The minimum absolute atomic E-state index is 0.0531. The van der Waals surface area contributed by atoms with E-state index >= 15 is 0 Å². The largest absolute Gasteiger partial charge is 0.378 e. The molecule has 21 heavy (non-hydrogen) atoms. The molecule has 2 rings (SSSR count). The summed E-state index contributed by atoms with van der Waals surface area (Å²) in [7, 11) is 1.63. The second-order valence-electron chi connectivity index (χ2n) is 5.00. The Morgan fingerprint density at radius 1 is 1.19 bits per heavy atom. The summed E-state index contributed by atoms with van der Waals surface area (Å²) in [5, 5.41) is 6.79. The Hall–Kier alpha value is -2.00. The summed E-state index contributed by atoms with van der Waals surface area (Å²) in [4.78, 5) is 11.7. The van der Waals surface area contributed by atoms with Crippen molar-refractivity contribution in [2.45, 2.75) is 19.9 Å². The molecule has 3 nitrogen and oxygen atoms in total. The SMILES string of the molecule is CNC(=O)c1ccc(C)c(NC(C)c2ccccc2Cl)c1. The molecule has 2 N–H and O–H groups in total. The average Bonchev–Trinajstić information content (AvgIpc) is 2.49. The van der Waals surface area contributed by atoms with Crippen LogP contribution in [0, 0.1) is 6.92 Å². The molecule has 0 fully saturated rings. The summed E-state index contributed by atoms with van der Waals surface area (Å²) in [5.74, 6) is -0.0940. The van der Waals surface area contributed by atoms with Gasteiger partial charge >= 0.3 is 0 Å². The normalized spacial score (nSPS) is 11.8. The first kappa shape index (κ1) is 15.4. The van der Waals surface area contributed by atoms with Gasteiger partial charge in [-0.3, -0.25) is 4.79 Å². The van der Waals surface area contributed by atoms with Crippen molar-refractivity contribution in [3.05, 3.63) is 64.2 Å². The fourth-order valence-corrected chi connectivity index (χ4v) is 2.50. The number of aryl methyl sites for hydroxylation is 1. The molecule has 0 aliphatic heterocycles. The van der Waals surface area contributed by atoms with Gasteiger partial charge in [0.15, 0.2) is 0 Å². The maximum absolute atomic E-state index is 11.7. The molecule has 0 aromatic heterocycles. The Morgan fingerprint density at radius 3 is 2.57 bits per heavy atom. The maximum Gasteiger partial charge on any atom is 0.251 e. The van der Waals surface area contributed by atoms with Crippen LogP contribution in [0.5, 0.6) is 0 Å². The first-order valence-electron chi connectivity index (χ1n) is 6.86. The van der Waals surface area contributed by atoms with Gasteiger partial charge in [-0.1, -0.05) is 35.9 Å². The van der Waals surface area contributed by atoms with Gasteiger partial charge < -0.3 is 10.6 Å². The van der Waals surface area contributed by atoms with Crippen molar-refractivity contribution in [2.75, 3.05) is 12.4 Å². The molecule has 4 heteroatoms. The summed E-state index contributed by atoms with van der Waals surface area (Å²) in [6.45, 7) is 4.06. The highest BCUT2D eigenvalue weighted by Gasteiger charge is 2.12. The quantitative estimate of drug-likeness (QED) is 0.889. The summed E-state index contributed by atoms with van der Waals surface area (Å²) in [6, 6.07) is 13.4. The van der Waals surface area contributed by atoms with Gasteiger partial charge in [-0.05, 0) is 43.2 Å². The van der Waals surface area contributed by atoms with Gasteiger partial charge in [0.1, 0.15) is 0 Å². The molecule has 0 aliphatic carbocycles. The molecule has 0 heterocycles. The van der Waals surface area contributed by atoms with E-state index < -0.39 is 0 Å². The van der Waals surface area contributed by atoms with Crippen LogP contribution in [-0.4, -0.2) is 13.0 Å². The third-order valence-corrected chi connectivity index (χ3v) is 3.81. The maximum atomic E-state index is 11.7. The third kappa shape index (κ3) is 3.56. The van der Waals surface area contributed by atoms with Crippen molar-refractivity contribution in [1.82, 2.24) is 5.32 Å². The van der Waals surface area contributed by atoms with E-state index in [1.165, 1.54) is 0 Å². The van der Waals surface area contributed by atoms with Crippen LogP contribution in [-0.2, 0) is 0 Å². The Balaban J connectivity index is 2.27. The number of hydrogen-bond acceptors (Lipinski definition) is 2. The van der Waals surface area contributed by atoms with Crippen LogP contribution < -0.4 is 10.6 Å². The smallest absolute Gasteiger partial charge is 0.251 e. The predicted octanol–water partition coefficient (Wildman–Crippen LogP) is 4.18. The zero-order chi connectivity index (χ0) is 15.4. The molecule has 1 amide bonds. The number of benzene rings is 2. The lowest BCUT2D eigenvalue weighted by molar-refractivity contribution is 0.0963. The van der Waals surface area contributed by atoms with E-state index in [0.717, 1.165) is 21.8 Å². The van der Waals surface area contributed by atoms with E-state index in [2.05, 4.69) is 10.6 Å². The summed E-state index contributed by atoms with van der Waals surface area (Å²) in [6.07, 6.45) is 0. The van der Waals surface area contributed by atoms with E-state index in [1.807, 2.05) is 56.3 Å². The molecule has 0 saturated heterocycles. The number of hydrogen-bond donors (Lipinski definition) is 2. The Morgan fingerprint density at radius 2 is 1.90 bits per heavy atom. The van der Waals surface area contributed by atoms with E-state index in [0.29, 0.717) is 5.56 Å². The molecule has 2 aromatic carbocycles. The number of rotatable bonds is 4. The molecule has 1 atom stereocenters. The van der Waals surface area contributed by atoms with Gasteiger partial charge in [-0.25, -0.2) is 0 Å². The Kier molecular flexibility index (Phi) is 4.86. The zero-order valence-electron chi connectivity index (χ0n) is 12.4. The molecule has 0 spiro atoms. The van der Waals surface area contributed by atoms with Gasteiger partial charge in [0.05, 0.1) is 0 Å². The first-order chi connectivity index (χ1) is 10.0. The number of amides is 1. The zero-order valence-corrected chi connectivity index (χ0v) is 13.2. The summed E-state index contributed by atoms with van der Waals surface area (Å²) < 4.78 is 0. The van der Waals surface area contributed by atoms with Crippen LogP contribution in [0.25, 0.3) is 0 Å².